The second kappa shape index (κ2) is 42.6. The number of aliphatic hydroxyl groups is 9. The number of nitrogens with two attached hydrogens (primary N) is 1. The van der Waals surface area contributed by atoms with Gasteiger partial charge in [-0.25, -0.2) is 63.2 Å². The molecule has 10 unspecified atom stereocenters. The van der Waals surface area contributed by atoms with E-state index in [0.29, 0.717) is 56.6 Å². The summed E-state index contributed by atoms with van der Waals surface area (Å²) in [4.78, 5) is 186. The Morgan fingerprint density at radius 1 is 0.586 bits per heavy atom. The highest BCUT2D eigenvalue weighted by atomic mass is 31.3. The molecule has 0 saturated carbocycles. The van der Waals surface area contributed by atoms with E-state index in [9.17, 15) is 108 Å². The van der Waals surface area contributed by atoms with Crippen molar-refractivity contribution >= 4 is 106 Å². The molecule has 9 aliphatic heterocycles. The lowest BCUT2D eigenvalue weighted by molar-refractivity contribution is -0.114. The number of hydrogen-bond acceptors (Lipinski definition) is 37. The first-order valence-electron chi connectivity index (χ1n) is 43.6. The summed E-state index contributed by atoms with van der Waals surface area (Å²) in [5.74, 6) is 0.288. The van der Waals surface area contributed by atoms with Crippen molar-refractivity contribution in [2.24, 2.45) is 18.0 Å². The number of allylic oxidation sites excluding steroid dienone is 4. The van der Waals surface area contributed by atoms with Gasteiger partial charge in [-0.1, -0.05) is 56.2 Å². The molecule has 5 aromatic carbocycles. The molecule has 140 heavy (non-hydrogen) atoms. The van der Waals surface area contributed by atoms with Gasteiger partial charge in [0.1, 0.15) is 78.7 Å². The molecular weight excluding hydrogens is 1870 g/mol. The Bertz CT molecular complexity index is 7540. The zero-order chi connectivity index (χ0) is 102. The monoisotopic (exact) mass is 1970 g/mol. The third kappa shape index (κ3) is 22.9. The number of phosphoric ester groups is 2. The maximum atomic E-state index is 12.6. The second-order valence-electron chi connectivity index (χ2n) is 34.5. The van der Waals surface area contributed by atoms with Gasteiger partial charge >= 0.3 is 38.7 Å². The maximum Gasteiger partial charge on any atom is 0.481 e. The molecule has 13 atom stereocenters. The minimum absolute atomic E-state index is 0.00364. The van der Waals surface area contributed by atoms with Crippen molar-refractivity contribution in [1.82, 2.24) is 88.7 Å². The number of imidazole rings is 1. The van der Waals surface area contributed by atoms with Crippen LogP contribution in [0.15, 0.2) is 142 Å². The number of carbonyl (C=O) groups excluding carboxylic acids is 4. The first-order chi connectivity index (χ1) is 66.0. The lowest BCUT2D eigenvalue weighted by Gasteiger charge is -2.30. The lowest BCUT2D eigenvalue weighted by Crippen LogP contribution is -2.62. The quantitative estimate of drug-likeness (QED) is 0.0235. The smallest absolute Gasteiger partial charge is 0.394 e. The number of fused-ring (bicyclic) bond motifs is 10. The number of amides is 3. The first kappa shape index (κ1) is 104. The van der Waals surface area contributed by atoms with Gasteiger partial charge in [-0.3, -0.25) is 62.7 Å². The first-order valence-corrected chi connectivity index (χ1v) is 46.6. The number of aliphatic hydroxyl groups excluding tert-OH is 9. The Hall–Kier alpha value is -13.6. The van der Waals surface area contributed by atoms with Crippen LogP contribution in [0.3, 0.4) is 0 Å². The topological polar surface area (TPSA) is 722 Å². The fraction of sp³-hybridized carbons (Fsp3) is 0.378. The van der Waals surface area contributed by atoms with Gasteiger partial charge < -0.3 is 90.6 Å². The number of nitrogen functional groups attached to an aromatic ring is 1. The van der Waals surface area contributed by atoms with Gasteiger partial charge in [0.25, 0.3) is 22.6 Å². The molecule has 2 aromatic heterocycles. The number of ether oxygens (including phenoxy) is 1. The molecule has 7 aromatic rings. The SMILES string of the molecule is CC1=C(C/C=C(\C)CCCC(C)C)C(=O)c2ccccc2C1=O.Cc1cc2c(cc1C)NC1NC(=O)NC(=O)C1=N2.Cc1cc2nc3c(=O)[nH]c(=O)nc-3n(C)c2cc1C.Cc1cc2nc3c(=O)[nH]c(=O)nc-3n(CC(O)C(O)C(O)CO)c2cc1C.Cc1cc2nc3c(=O)[nH]c(=O)nc-3n(CC(O)C(O)C(O)COP(=O)(O)OP(=O)(O)OC[C@H]3O[C@@H](n4cnc5c(N)ncnc54)[C@@H](O)C3O)c2cc1C. The number of aryl methyl sites for hydroxylation is 9. The van der Waals surface area contributed by atoms with Gasteiger partial charge in [0.2, 0.25) is 0 Å². The van der Waals surface area contributed by atoms with Crippen LogP contribution in [0.2, 0.25) is 0 Å². The number of rotatable bonds is 24. The number of benzene rings is 5. The molecule has 3 amide bonds. The highest BCUT2D eigenvalue weighted by molar-refractivity contribution is 7.61. The van der Waals surface area contributed by atoms with Crippen LogP contribution in [-0.2, 0) is 52.2 Å². The average molecular weight is 1970 g/mol. The van der Waals surface area contributed by atoms with E-state index in [0.717, 1.165) is 80.1 Å². The van der Waals surface area contributed by atoms with E-state index < -0.39 is 155 Å². The molecule has 740 valence electrons. The molecule has 0 bridgehead atoms. The molecule has 2 saturated heterocycles. The van der Waals surface area contributed by atoms with E-state index in [1.165, 1.54) is 38.4 Å². The number of nitrogens with zero attached hydrogens (tertiary/aromatic N) is 14. The number of ketones is 2. The van der Waals surface area contributed by atoms with Gasteiger partial charge in [0.05, 0.1) is 83.7 Å². The number of H-pyrrole nitrogens is 3. The summed E-state index contributed by atoms with van der Waals surface area (Å²) < 4.78 is 49.7. The lowest BCUT2D eigenvalue weighted by atomic mass is 9.83. The minimum Gasteiger partial charge on any atom is -0.394 e. The summed E-state index contributed by atoms with van der Waals surface area (Å²) in [6.45, 7) is 19.9. The molecule has 48 nitrogen and oxygen atoms in total. The van der Waals surface area contributed by atoms with E-state index in [1.54, 1.807) is 74.9 Å². The summed E-state index contributed by atoms with van der Waals surface area (Å²) >= 11 is 0. The standard InChI is InChI=1S/C27H33N9O15P2.C21H26O2.C17H20N4O6.C13H12N4O2.C12H12N4O2/c1-10-3-12-13(4-11(10)2)35(24-18(32-12)25(42)34-27(43)33-24)5-14(37)19(39)15(38)6-48-52(44,45)51-53(46,47)49-7-16-20(40)21(41)26(50-16)36-9-31-17-22(28)29-8-30-23(17)36;1-14(2)8-7-9-15(3)12-13-17-16(4)20(22)18-10-5-6-11-19(18)21(17)23;1-7-3-9-10(4-8(7)2)21(5-11(23)14(25)12(24)6-22)15-13(18-9)16(26)20-17(27)19-15;1-6-4-8-9(5-7(6)2)17(3)11-10(14-8)12(18)16-13(19)15-11;1-5-3-7-8(4-6(5)2)14-10-9(13-7)11(17)16-12(18)15-10/h3-4,8-9,14-16,19-21,26,37-41H,5-7H2,1-2H3,(H,44,45)(H,46,47)(H2,28,29,30)(H,34,42,43);5-6,10-12,14H,7-9,13H2,1-4H3;3-4,11-12,14,22-25H,5-6H2,1-2H3,(H,20,26,27);4-5H,1-3H3,(H,16,18,19);3-4,10,14H,1-2H3,(H2,15,16,17,18)/b;15-12+;;;/t14?,15?,16-,19?,20?,21+,26-;;;;/m1..../s1. The van der Waals surface area contributed by atoms with Crippen LogP contribution in [0, 0.1) is 61.3 Å². The number of Topliss-reactive ketones (excluding diaryl/α,β-unsaturated/α-hetero) is 2. The average Bonchev–Trinajstić information content (AvgIpc) is 1.17. The molecule has 1 aliphatic carbocycles. The number of hydrogen-bond donors (Lipinski definition) is 18. The molecule has 10 aliphatic rings. The van der Waals surface area contributed by atoms with Crippen molar-refractivity contribution in [1.29, 1.82) is 0 Å². The predicted octanol–water partition coefficient (Wildman–Crippen LogP) is 3.10. The van der Waals surface area contributed by atoms with E-state index >= 15 is 0 Å². The minimum atomic E-state index is -5.54. The number of aromatic amines is 3. The Balaban J connectivity index is 0.000000159. The zero-order valence-corrected chi connectivity index (χ0v) is 79.4. The summed E-state index contributed by atoms with van der Waals surface area (Å²) in [6, 6.07) is 21.2. The number of aromatic nitrogens is 16. The second-order valence-corrected chi connectivity index (χ2v) is 37.5. The van der Waals surface area contributed by atoms with Crippen molar-refractivity contribution in [2.45, 2.75) is 189 Å². The highest BCUT2D eigenvalue weighted by Gasteiger charge is 2.47. The number of carbonyl (C=O) groups is 4. The fourth-order valence-electron chi connectivity index (χ4n) is 15.6. The molecule has 11 heterocycles. The number of phosphoric acid groups is 2. The Morgan fingerprint density at radius 3 is 1.61 bits per heavy atom. The van der Waals surface area contributed by atoms with E-state index in [1.807, 2.05) is 76.9 Å². The third-order valence-corrected chi connectivity index (χ3v) is 26.6. The maximum absolute atomic E-state index is 12.6. The van der Waals surface area contributed by atoms with Crippen molar-refractivity contribution in [2.75, 3.05) is 30.9 Å². The normalized spacial score (nSPS) is 18.5. The van der Waals surface area contributed by atoms with E-state index in [-0.39, 0.29) is 75.1 Å². The summed E-state index contributed by atoms with van der Waals surface area (Å²) in [5.41, 5.74) is 17.7. The van der Waals surface area contributed by atoms with Gasteiger partial charge in [0.15, 0.2) is 63.8 Å². The number of aliphatic imine (C=N–C) groups is 1. The largest absolute Gasteiger partial charge is 0.481 e. The van der Waals surface area contributed by atoms with Gasteiger partial charge in [-0.05, 0) is 187 Å². The molecule has 0 radical (unpaired) electrons. The van der Waals surface area contributed by atoms with E-state index in [2.05, 4.69) is 111 Å². The molecule has 0 spiro atoms. The van der Waals surface area contributed by atoms with Crippen LogP contribution in [-0.4, -0.2) is 244 Å². The van der Waals surface area contributed by atoms with Crippen LogP contribution in [0.4, 0.5) is 22.0 Å². The van der Waals surface area contributed by atoms with Gasteiger partial charge in [0, 0.05) is 29.3 Å². The molecule has 2 fully saturated rings. The van der Waals surface area contributed by atoms with Crippen LogP contribution < -0.4 is 55.4 Å². The Kier molecular flexibility index (Phi) is 31.6. The molecular formula is C90H103N21O27P2. The summed E-state index contributed by atoms with van der Waals surface area (Å²) in [7, 11) is -9.25. The number of nitrogens with one attached hydrogen (secondary N) is 6. The van der Waals surface area contributed by atoms with E-state index in [4.69, 9.17) is 20.1 Å². The van der Waals surface area contributed by atoms with Crippen LogP contribution in [0.1, 0.15) is 125 Å². The molecule has 17 rings (SSSR count). The number of anilines is 2. The van der Waals surface area contributed by atoms with Crippen molar-refractivity contribution in [3.05, 3.63) is 226 Å². The summed E-state index contributed by atoms with van der Waals surface area (Å²) in [6.07, 6.45) is -9.05. The fourth-order valence-corrected chi connectivity index (χ4v) is 17.7. The number of urea groups is 1. The van der Waals surface area contributed by atoms with Gasteiger partial charge in [-0.2, -0.15) is 19.3 Å². The van der Waals surface area contributed by atoms with Crippen LogP contribution in [0.25, 0.3) is 78.8 Å². The summed E-state index contributed by atoms with van der Waals surface area (Å²) in [5, 5.41) is 99.7. The predicted molar refractivity (Wildman–Crippen MR) is 506 cm³/mol. The Labute approximate surface area is 792 Å². The zero-order valence-electron chi connectivity index (χ0n) is 77.6. The third-order valence-electron chi connectivity index (χ3n) is 24.0. The van der Waals surface area contributed by atoms with Gasteiger partial charge in [-0.15, -0.1) is 0 Å². The van der Waals surface area contributed by atoms with Crippen LogP contribution >= 0.6 is 15.6 Å². The molecule has 19 N–H and O–H groups in total. The van der Waals surface area contributed by atoms with Crippen LogP contribution in [0.5, 0.6) is 0 Å². The Morgan fingerprint density at radius 2 is 1.07 bits per heavy atom. The van der Waals surface area contributed by atoms with Crippen molar-refractivity contribution in [3.63, 3.8) is 0 Å². The highest BCUT2D eigenvalue weighted by Crippen LogP contribution is 2.61. The van der Waals surface area contributed by atoms with Crippen molar-refractivity contribution < 1.29 is 102 Å². The van der Waals surface area contributed by atoms with Crippen molar-refractivity contribution in [3.8, 4) is 34.6 Å². The molecule has 50 heteroatoms. The number of imide groups is 1.